The summed E-state index contributed by atoms with van der Waals surface area (Å²) < 4.78 is 6.80. The van der Waals surface area contributed by atoms with Crippen molar-refractivity contribution in [3.8, 4) is 0 Å². The Kier molecular flexibility index (Phi) is 5.21. The van der Waals surface area contributed by atoms with Crippen LogP contribution in [0.3, 0.4) is 0 Å². The van der Waals surface area contributed by atoms with E-state index in [1.807, 2.05) is 0 Å². The van der Waals surface area contributed by atoms with Crippen LogP contribution in [0, 0.1) is 0 Å². The molecule has 2 N–H and O–H groups in total. The maximum absolute atomic E-state index is 6.34. The fourth-order valence-electron chi connectivity index (χ4n) is 2.47. The number of morpholine rings is 1. The maximum atomic E-state index is 6.34. The third-order valence-electron chi connectivity index (χ3n) is 3.43. The second kappa shape index (κ2) is 6.48. The predicted octanol–water partition coefficient (Wildman–Crippen LogP) is 3.01. The molecule has 1 aliphatic rings. The van der Waals surface area contributed by atoms with Gasteiger partial charge < -0.3 is 10.5 Å². The molecule has 0 aliphatic carbocycles. The summed E-state index contributed by atoms with van der Waals surface area (Å²) in [6.07, 6.45) is 1.29. The summed E-state index contributed by atoms with van der Waals surface area (Å²) in [6.45, 7) is 7.03. The van der Waals surface area contributed by atoms with Crippen LogP contribution in [0.4, 0.5) is 0 Å². The molecule has 3 unspecified atom stereocenters. The van der Waals surface area contributed by atoms with Crippen molar-refractivity contribution in [2.45, 2.75) is 38.5 Å². The summed E-state index contributed by atoms with van der Waals surface area (Å²) in [4.78, 5) is 3.82. The van der Waals surface area contributed by atoms with Gasteiger partial charge in [0.1, 0.15) is 0 Å². The summed E-state index contributed by atoms with van der Waals surface area (Å²) in [5, 5.41) is 0. The Bertz CT molecular complexity index is 385. The van der Waals surface area contributed by atoms with E-state index < -0.39 is 0 Å². The standard InChI is InChI=1S/C13H21BrN2OS/c1-3-10(15)13(11-4-5-12(14)18-11)16-6-7-17-9(2)8-16/h4-5,9-10,13H,3,6-8,15H2,1-2H3. The molecule has 2 rings (SSSR count). The Morgan fingerprint density at radius 3 is 2.94 bits per heavy atom. The highest BCUT2D eigenvalue weighted by atomic mass is 79.9. The quantitative estimate of drug-likeness (QED) is 0.921. The van der Waals surface area contributed by atoms with Gasteiger partial charge in [-0.15, -0.1) is 11.3 Å². The van der Waals surface area contributed by atoms with Gasteiger partial charge in [0, 0.05) is 24.0 Å². The summed E-state index contributed by atoms with van der Waals surface area (Å²) in [7, 11) is 0. The van der Waals surface area contributed by atoms with E-state index in [2.05, 4.69) is 46.8 Å². The Labute approximate surface area is 121 Å². The molecular formula is C13H21BrN2OS. The lowest BCUT2D eigenvalue weighted by Gasteiger charge is -2.39. The second-order valence-electron chi connectivity index (χ2n) is 4.84. The lowest BCUT2D eigenvalue weighted by atomic mass is 10.0. The lowest BCUT2D eigenvalue weighted by molar-refractivity contribution is -0.0381. The predicted molar refractivity (Wildman–Crippen MR) is 80.0 cm³/mol. The first-order chi connectivity index (χ1) is 8.61. The number of nitrogens with zero attached hydrogens (tertiary/aromatic N) is 1. The number of nitrogens with two attached hydrogens (primary N) is 1. The van der Waals surface area contributed by atoms with Gasteiger partial charge in [-0.05, 0) is 41.4 Å². The van der Waals surface area contributed by atoms with Gasteiger partial charge in [-0.1, -0.05) is 6.92 Å². The van der Waals surface area contributed by atoms with E-state index in [9.17, 15) is 0 Å². The van der Waals surface area contributed by atoms with Gasteiger partial charge in [0.2, 0.25) is 0 Å². The smallest absolute Gasteiger partial charge is 0.0702 e. The molecule has 2 heterocycles. The molecule has 0 saturated carbocycles. The monoisotopic (exact) mass is 332 g/mol. The van der Waals surface area contributed by atoms with Crippen LogP contribution >= 0.6 is 27.3 Å². The number of halogens is 1. The third kappa shape index (κ3) is 3.33. The number of thiophene rings is 1. The molecule has 0 radical (unpaired) electrons. The highest BCUT2D eigenvalue weighted by Gasteiger charge is 2.30. The summed E-state index contributed by atoms with van der Waals surface area (Å²) in [5.41, 5.74) is 6.34. The number of rotatable bonds is 4. The minimum absolute atomic E-state index is 0.181. The topological polar surface area (TPSA) is 38.5 Å². The minimum Gasteiger partial charge on any atom is -0.376 e. The third-order valence-corrected chi connectivity index (χ3v) is 5.12. The molecule has 1 aromatic rings. The van der Waals surface area contributed by atoms with Gasteiger partial charge >= 0.3 is 0 Å². The largest absolute Gasteiger partial charge is 0.376 e. The molecule has 0 bridgehead atoms. The van der Waals surface area contributed by atoms with Crippen molar-refractivity contribution < 1.29 is 4.74 Å². The van der Waals surface area contributed by atoms with Crippen molar-refractivity contribution in [1.29, 1.82) is 0 Å². The van der Waals surface area contributed by atoms with Crippen LogP contribution in [0.2, 0.25) is 0 Å². The Balaban J connectivity index is 2.19. The van der Waals surface area contributed by atoms with Crippen LogP contribution in [0.15, 0.2) is 15.9 Å². The molecule has 3 atom stereocenters. The number of hydrogen-bond donors (Lipinski definition) is 1. The molecule has 102 valence electrons. The lowest BCUT2D eigenvalue weighted by Crippen LogP contribution is -2.48. The highest BCUT2D eigenvalue weighted by molar-refractivity contribution is 9.11. The van der Waals surface area contributed by atoms with E-state index >= 15 is 0 Å². The first-order valence-electron chi connectivity index (χ1n) is 6.48. The molecule has 3 nitrogen and oxygen atoms in total. The van der Waals surface area contributed by atoms with E-state index in [1.165, 1.54) is 8.66 Å². The highest BCUT2D eigenvalue weighted by Crippen LogP contribution is 2.34. The normalized spacial score (nSPS) is 25.0. The van der Waals surface area contributed by atoms with Gasteiger partial charge in [-0.3, -0.25) is 4.90 Å². The van der Waals surface area contributed by atoms with Gasteiger partial charge in [0.25, 0.3) is 0 Å². The van der Waals surface area contributed by atoms with E-state index in [-0.39, 0.29) is 6.04 Å². The molecule has 0 amide bonds. The minimum atomic E-state index is 0.181. The summed E-state index contributed by atoms with van der Waals surface area (Å²) in [5.74, 6) is 0. The van der Waals surface area contributed by atoms with E-state index in [0.717, 1.165) is 26.1 Å². The molecule has 1 aliphatic heterocycles. The average molecular weight is 333 g/mol. The zero-order valence-electron chi connectivity index (χ0n) is 10.9. The fraction of sp³-hybridized carbons (Fsp3) is 0.692. The molecule has 18 heavy (non-hydrogen) atoms. The first kappa shape index (κ1) is 14.5. The Hall–Kier alpha value is 0.0600. The van der Waals surface area contributed by atoms with Crippen molar-refractivity contribution in [2.75, 3.05) is 19.7 Å². The second-order valence-corrected chi connectivity index (χ2v) is 7.33. The fourth-order valence-corrected chi connectivity index (χ4v) is 4.11. The van der Waals surface area contributed by atoms with Crippen molar-refractivity contribution in [3.63, 3.8) is 0 Å². The van der Waals surface area contributed by atoms with E-state index in [0.29, 0.717) is 12.1 Å². The van der Waals surface area contributed by atoms with Crippen molar-refractivity contribution >= 4 is 27.3 Å². The van der Waals surface area contributed by atoms with Crippen LogP contribution in [0.25, 0.3) is 0 Å². The molecule has 0 aromatic carbocycles. The van der Waals surface area contributed by atoms with Gasteiger partial charge in [-0.25, -0.2) is 0 Å². The SMILES string of the molecule is CCC(N)C(c1ccc(Br)s1)N1CCOC(C)C1. The van der Waals surface area contributed by atoms with Crippen LogP contribution in [0.5, 0.6) is 0 Å². The van der Waals surface area contributed by atoms with Gasteiger partial charge in [-0.2, -0.15) is 0 Å². The van der Waals surface area contributed by atoms with Crippen LogP contribution in [-0.4, -0.2) is 36.7 Å². The Morgan fingerprint density at radius 1 is 1.61 bits per heavy atom. The van der Waals surface area contributed by atoms with Crippen molar-refractivity contribution in [2.24, 2.45) is 5.73 Å². The van der Waals surface area contributed by atoms with E-state index in [1.54, 1.807) is 11.3 Å². The number of hydrogen-bond acceptors (Lipinski definition) is 4. The first-order valence-corrected chi connectivity index (χ1v) is 8.09. The molecule has 0 spiro atoms. The zero-order chi connectivity index (χ0) is 13.1. The molecular weight excluding hydrogens is 312 g/mol. The summed E-state index contributed by atoms with van der Waals surface area (Å²) in [6, 6.07) is 4.80. The van der Waals surface area contributed by atoms with Crippen molar-refractivity contribution in [1.82, 2.24) is 4.90 Å². The van der Waals surface area contributed by atoms with Gasteiger partial charge in [0.05, 0.1) is 22.5 Å². The molecule has 5 heteroatoms. The van der Waals surface area contributed by atoms with Crippen LogP contribution in [-0.2, 0) is 4.74 Å². The Morgan fingerprint density at radius 2 is 2.39 bits per heavy atom. The molecule has 1 saturated heterocycles. The maximum Gasteiger partial charge on any atom is 0.0702 e. The average Bonchev–Trinajstić information content (AvgIpc) is 2.76. The number of ether oxygens (including phenoxy) is 1. The van der Waals surface area contributed by atoms with Crippen LogP contribution in [0.1, 0.15) is 31.2 Å². The van der Waals surface area contributed by atoms with Crippen molar-refractivity contribution in [3.05, 3.63) is 20.8 Å². The van der Waals surface area contributed by atoms with Gasteiger partial charge in [0.15, 0.2) is 0 Å². The van der Waals surface area contributed by atoms with E-state index in [4.69, 9.17) is 10.5 Å². The molecule has 1 aromatic heterocycles. The molecule has 1 fully saturated rings. The zero-order valence-corrected chi connectivity index (χ0v) is 13.3. The van der Waals surface area contributed by atoms with Crippen LogP contribution < -0.4 is 5.73 Å². The summed E-state index contributed by atoms with van der Waals surface area (Å²) >= 11 is 5.33.